The smallest absolute Gasteiger partial charge is 0.338 e. The number of nitrogens with zero attached hydrogens (tertiary/aromatic N) is 3. The molecule has 1 aliphatic rings. The summed E-state index contributed by atoms with van der Waals surface area (Å²) in [5, 5.41) is 10.9. The first-order valence-corrected chi connectivity index (χ1v) is 15.8. The number of carbonyl (C=O) groups excluding carboxylic acids is 1. The lowest BCUT2D eigenvalue weighted by molar-refractivity contribution is -0.384. The largest absolute Gasteiger partial charge is 0.489 e. The molecule has 0 unspecified atom stereocenters. The Bertz CT molecular complexity index is 1900. The van der Waals surface area contributed by atoms with E-state index in [-0.39, 0.29) is 24.5 Å². The molecule has 4 aromatic rings. The summed E-state index contributed by atoms with van der Waals surface area (Å²) in [6.45, 7) is 8.53. The van der Waals surface area contributed by atoms with Crippen molar-refractivity contribution in [1.82, 2.24) is 4.57 Å². The topological polar surface area (TPSA) is 113 Å². The van der Waals surface area contributed by atoms with Crippen LogP contribution < -0.4 is 19.6 Å². The number of nitro groups is 1. The van der Waals surface area contributed by atoms with Crippen LogP contribution in [0.3, 0.4) is 0 Å². The minimum atomic E-state index is -0.652. The first-order valence-electron chi connectivity index (χ1n) is 15.0. The molecule has 0 fully saturated rings. The highest BCUT2D eigenvalue weighted by molar-refractivity contribution is 7.07. The quantitative estimate of drug-likeness (QED) is 0.112. The molecule has 232 valence electrons. The summed E-state index contributed by atoms with van der Waals surface area (Å²) in [6.07, 6.45) is 3.19. The zero-order chi connectivity index (χ0) is 32.1. The molecule has 10 heteroatoms. The van der Waals surface area contributed by atoms with Crippen LogP contribution in [0.1, 0.15) is 74.8 Å². The highest BCUT2D eigenvalue weighted by Crippen LogP contribution is 2.33. The van der Waals surface area contributed by atoms with Crippen LogP contribution in [0, 0.1) is 10.1 Å². The second kappa shape index (κ2) is 13.9. The van der Waals surface area contributed by atoms with Gasteiger partial charge in [0.15, 0.2) is 4.80 Å². The van der Waals surface area contributed by atoms with Gasteiger partial charge in [-0.3, -0.25) is 19.5 Å². The minimum Gasteiger partial charge on any atom is -0.489 e. The number of esters is 1. The lowest BCUT2D eigenvalue weighted by atomic mass is 9.92. The second-order valence-electron chi connectivity index (χ2n) is 11.0. The number of allylic oxidation sites excluding steroid dienone is 1. The molecular formula is C35H35N3O6S. The van der Waals surface area contributed by atoms with E-state index in [0.717, 1.165) is 23.1 Å². The molecule has 1 aromatic heterocycles. The fourth-order valence-electron chi connectivity index (χ4n) is 5.19. The fourth-order valence-corrected chi connectivity index (χ4v) is 6.21. The highest BCUT2D eigenvalue weighted by atomic mass is 32.1. The van der Waals surface area contributed by atoms with Crippen LogP contribution in [-0.4, -0.2) is 22.1 Å². The normalized spacial score (nSPS) is 14.7. The number of fused-ring (bicyclic) bond motifs is 1. The second-order valence-corrected chi connectivity index (χ2v) is 12.0. The van der Waals surface area contributed by atoms with Gasteiger partial charge in [0.25, 0.3) is 11.2 Å². The number of hydrogen-bond donors (Lipinski definition) is 0. The molecule has 0 N–H and O–H groups in total. The van der Waals surface area contributed by atoms with Crippen LogP contribution in [0.5, 0.6) is 5.75 Å². The van der Waals surface area contributed by atoms with E-state index >= 15 is 0 Å². The van der Waals surface area contributed by atoms with Gasteiger partial charge in [-0.25, -0.2) is 9.79 Å². The van der Waals surface area contributed by atoms with Crippen molar-refractivity contribution in [1.29, 1.82) is 0 Å². The van der Waals surface area contributed by atoms with Crippen LogP contribution in [0.25, 0.3) is 6.08 Å². The molecule has 0 spiro atoms. The third kappa shape index (κ3) is 6.96. The summed E-state index contributed by atoms with van der Waals surface area (Å²) in [5.41, 5.74) is 4.47. The average Bonchev–Trinajstić information content (AvgIpc) is 3.34. The van der Waals surface area contributed by atoms with Gasteiger partial charge in [-0.15, -0.1) is 0 Å². The number of carbonyl (C=O) groups is 1. The number of aromatic nitrogens is 1. The molecule has 0 bridgehead atoms. The number of benzene rings is 3. The van der Waals surface area contributed by atoms with Crippen molar-refractivity contribution in [3.8, 4) is 5.75 Å². The van der Waals surface area contributed by atoms with Crippen molar-refractivity contribution in [3.63, 3.8) is 0 Å². The maximum absolute atomic E-state index is 14.0. The Balaban J connectivity index is 1.49. The van der Waals surface area contributed by atoms with Crippen molar-refractivity contribution < 1.29 is 19.2 Å². The monoisotopic (exact) mass is 625 g/mol. The van der Waals surface area contributed by atoms with Crippen molar-refractivity contribution in [2.45, 2.75) is 59.1 Å². The number of rotatable bonds is 11. The molecule has 0 amide bonds. The van der Waals surface area contributed by atoms with Crippen LogP contribution in [-0.2, 0) is 16.1 Å². The molecule has 0 saturated carbocycles. The third-order valence-corrected chi connectivity index (χ3v) is 8.52. The summed E-state index contributed by atoms with van der Waals surface area (Å²) in [6, 6.07) is 21.0. The average molecular weight is 626 g/mol. The summed E-state index contributed by atoms with van der Waals surface area (Å²) in [7, 11) is 0. The maximum Gasteiger partial charge on any atom is 0.338 e. The Kier molecular flexibility index (Phi) is 9.73. The number of thiazole rings is 1. The number of non-ortho nitro benzene ring substituents is 1. The predicted octanol–water partition coefficient (Wildman–Crippen LogP) is 6.19. The molecule has 5 rings (SSSR count). The molecular weight excluding hydrogens is 590 g/mol. The first kappa shape index (κ1) is 31.6. The zero-order valence-corrected chi connectivity index (χ0v) is 26.5. The van der Waals surface area contributed by atoms with E-state index in [1.165, 1.54) is 29.0 Å². The van der Waals surface area contributed by atoms with Crippen LogP contribution >= 0.6 is 11.3 Å². The summed E-state index contributed by atoms with van der Waals surface area (Å²) in [5.74, 6) is 0.511. The molecule has 0 radical (unpaired) electrons. The molecule has 45 heavy (non-hydrogen) atoms. The van der Waals surface area contributed by atoms with Gasteiger partial charge in [0.05, 0.1) is 33.4 Å². The van der Waals surface area contributed by atoms with E-state index in [1.807, 2.05) is 61.5 Å². The van der Waals surface area contributed by atoms with Crippen molar-refractivity contribution in [2.24, 2.45) is 4.99 Å². The minimum absolute atomic E-state index is 0.0300. The fraction of sp³-hybridized carbons (Fsp3) is 0.286. The Morgan fingerprint density at radius 2 is 1.73 bits per heavy atom. The summed E-state index contributed by atoms with van der Waals surface area (Å²) >= 11 is 1.30. The highest BCUT2D eigenvalue weighted by Gasteiger charge is 2.34. The van der Waals surface area contributed by atoms with Crippen LogP contribution in [0.15, 0.2) is 93.9 Å². The Hall–Kier alpha value is -4.83. The van der Waals surface area contributed by atoms with E-state index in [0.29, 0.717) is 38.7 Å². The van der Waals surface area contributed by atoms with Gasteiger partial charge in [-0.2, -0.15) is 0 Å². The van der Waals surface area contributed by atoms with E-state index < -0.39 is 16.9 Å². The third-order valence-electron chi connectivity index (χ3n) is 7.54. The Morgan fingerprint density at radius 3 is 2.33 bits per heavy atom. The molecule has 1 atom stereocenters. The van der Waals surface area contributed by atoms with Crippen molar-refractivity contribution >= 4 is 29.1 Å². The molecule has 1 aliphatic heterocycles. The predicted molar refractivity (Wildman–Crippen MR) is 174 cm³/mol. The van der Waals surface area contributed by atoms with Gasteiger partial charge in [-0.1, -0.05) is 74.9 Å². The van der Waals surface area contributed by atoms with Crippen LogP contribution in [0.2, 0.25) is 0 Å². The van der Waals surface area contributed by atoms with E-state index in [9.17, 15) is 19.7 Å². The van der Waals surface area contributed by atoms with Gasteiger partial charge >= 0.3 is 5.97 Å². The van der Waals surface area contributed by atoms with Crippen molar-refractivity contribution in [2.75, 3.05) is 6.61 Å². The van der Waals surface area contributed by atoms with E-state index in [2.05, 4.69) is 13.8 Å². The number of ether oxygens (including phenoxy) is 2. The van der Waals surface area contributed by atoms with Gasteiger partial charge in [0.2, 0.25) is 0 Å². The van der Waals surface area contributed by atoms with E-state index in [4.69, 9.17) is 14.5 Å². The van der Waals surface area contributed by atoms with Crippen molar-refractivity contribution in [3.05, 3.63) is 136 Å². The van der Waals surface area contributed by atoms with Gasteiger partial charge in [0.1, 0.15) is 12.4 Å². The molecule has 0 saturated heterocycles. The van der Waals surface area contributed by atoms with Gasteiger partial charge in [-0.05, 0) is 71.9 Å². The Morgan fingerprint density at radius 1 is 1.04 bits per heavy atom. The van der Waals surface area contributed by atoms with Crippen LogP contribution in [0.4, 0.5) is 5.69 Å². The summed E-state index contributed by atoms with van der Waals surface area (Å²) in [4.78, 5) is 43.2. The number of hydrogen-bond acceptors (Lipinski definition) is 8. The van der Waals surface area contributed by atoms with Gasteiger partial charge < -0.3 is 9.47 Å². The maximum atomic E-state index is 14.0. The van der Waals surface area contributed by atoms with E-state index in [1.54, 1.807) is 23.6 Å². The lowest BCUT2D eigenvalue weighted by Crippen LogP contribution is -2.40. The lowest BCUT2D eigenvalue weighted by Gasteiger charge is -2.26. The SMILES string of the molecule is CCCC1=C(C(=O)OCC)[C@@H](c2ccc(C(C)C)cc2)n2c(s/c(=C\c3ccc(OCc4ccc([N+](=O)[O-])cc4)cc3)c2=O)=N1. The van der Waals surface area contributed by atoms with Gasteiger partial charge in [0, 0.05) is 12.1 Å². The molecule has 9 nitrogen and oxygen atoms in total. The molecule has 2 heterocycles. The molecule has 3 aromatic carbocycles. The zero-order valence-electron chi connectivity index (χ0n) is 25.7. The summed E-state index contributed by atoms with van der Waals surface area (Å²) < 4.78 is 13.5. The number of nitro benzene ring substituents is 1. The first-order chi connectivity index (χ1) is 21.7. The standard InChI is InChI=1S/C35H35N3O6S/c1-5-7-29-31(34(40)43-6-2)32(26-14-12-25(13-15-26)22(3)4)37-33(39)30(45-35(37)36-29)20-23-10-18-28(19-11-23)44-21-24-8-16-27(17-9-24)38(41)42/h8-20,22,32H,5-7,21H2,1-4H3/b30-20-/t32-/m1/s1. The molecule has 0 aliphatic carbocycles. The Labute approximate surface area is 264 Å².